The number of H-pyrrole nitrogens is 1. The zero-order valence-corrected chi connectivity index (χ0v) is 17.9. The van der Waals surface area contributed by atoms with Crippen LogP contribution < -0.4 is 15.2 Å². The van der Waals surface area contributed by atoms with Gasteiger partial charge in [-0.1, -0.05) is 0 Å². The SMILES string of the molecule is COc1cc(CCC(=O)N2CCC[C@H](c3cc4nc(N(C)C)ncc4c(=O)[nH]3)C2)on1. The number of hydrogen-bond acceptors (Lipinski definition) is 8. The minimum absolute atomic E-state index is 0.0537. The summed E-state index contributed by atoms with van der Waals surface area (Å²) in [6.07, 6.45) is 4.12. The summed E-state index contributed by atoms with van der Waals surface area (Å²) >= 11 is 0. The molecule has 1 saturated heterocycles. The summed E-state index contributed by atoms with van der Waals surface area (Å²) in [5.74, 6) is 1.68. The fourth-order valence-corrected chi connectivity index (χ4v) is 3.84. The van der Waals surface area contributed by atoms with E-state index in [9.17, 15) is 9.59 Å². The van der Waals surface area contributed by atoms with Crippen LogP contribution in [0.5, 0.6) is 5.88 Å². The molecule has 1 atom stereocenters. The van der Waals surface area contributed by atoms with Crippen molar-refractivity contribution >= 4 is 22.8 Å². The first kappa shape index (κ1) is 20.8. The predicted octanol–water partition coefficient (Wildman–Crippen LogP) is 1.72. The van der Waals surface area contributed by atoms with Gasteiger partial charge in [0.15, 0.2) is 0 Å². The van der Waals surface area contributed by atoms with Crippen LogP contribution in [0.4, 0.5) is 5.95 Å². The van der Waals surface area contributed by atoms with E-state index in [0.717, 1.165) is 18.5 Å². The van der Waals surface area contributed by atoms with Crippen molar-refractivity contribution in [2.45, 2.75) is 31.6 Å². The first-order valence-corrected chi connectivity index (χ1v) is 10.3. The molecular weight excluding hydrogens is 400 g/mol. The van der Waals surface area contributed by atoms with E-state index in [1.54, 1.807) is 17.2 Å². The van der Waals surface area contributed by atoms with Gasteiger partial charge in [-0.15, -0.1) is 0 Å². The van der Waals surface area contributed by atoms with Gasteiger partial charge in [0.25, 0.3) is 11.4 Å². The summed E-state index contributed by atoms with van der Waals surface area (Å²) in [7, 11) is 5.23. The second kappa shape index (κ2) is 8.75. The molecule has 0 bridgehead atoms. The maximum atomic E-state index is 12.8. The number of piperidine rings is 1. The fourth-order valence-electron chi connectivity index (χ4n) is 3.84. The summed E-state index contributed by atoms with van der Waals surface area (Å²) in [4.78, 5) is 40.7. The monoisotopic (exact) mass is 426 g/mol. The van der Waals surface area contributed by atoms with Gasteiger partial charge in [0.1, 0.15) is 5.76 Å². The highest BCUT2D eigenvalue weighted by molar-refractivity contribution is 5.78. The Kier molecular flexibility index (Phi) is 5.88. The fraction of sp³-hybridized carbons (Fsp3) is 0.476. The highest BCUT2D eigenvalue weighted by Crippen LogP contribution is 2.27. The Morgan fingerprint density at radius 2 is 2.23 bits per heavy atom. The highest BCUT2D eigenvalue weighted by atomic mass is 16.5. The average Bonchev–Trinajstić information content (AvgIpc) is 3.25. The Morgan fingerprint density at radius 3 is 2.97 bits per heavy atom. The van der Waals surface area contributed by atoms with Gasteiger partial charge < -0.3 is 24.0 Å². The van der Waals surface area contributed by atoms with Crippen molar-refractivity contribution < 1.29 is 14.1 Å². The first-order valence-electron chi connectivity index (χ1n) is 10.3. The lowest BCUT2D eigenvalue weighted by Gasteiger charge is -2.33. The molecule has 1 aliphatic heterocycles. The van der Waals surface area contributed by atoms with Gasteiger partial charge in [0, 0.05) is 63.9 Å². The average molecular weight is 426 g/mol. The van der Waals surface area contributed by atoms with E-state index >= 15 is 0 Å². The molecule has 0 saturated carbocycles. The second-order valence-corrected chi connectivity index (χ2v) is 7.93. The third-order valence-electron chi connectivity index (χ3n) is 5.55. The number of nitrogens with one attached hydrogen (secondary N) is 1. The van der Waals surface area contributed by atoms with Crippen molar-refractivity contribution in [1.82, 2.24) is 25.0 Å². The summed E-state index contributed by atoms with van der Waals surface area (Å²) < 4.78 is 10.2. The molecule has 3 aromatic rings. The molecular formula is C21H26N6O4. The number of fused-ring (bicyclic) bond motifs is 1. The van der Waals surface area contributed by atoms with E-state index in [2.05, 4.69) is 20.1 Å². The lowest BCUT2D eigenvalue weighted by molar-refractivity contribution is -0.132. The quantitative estimate of drug-likeness (QED) is 0.633. The number of rotatable bonds is 6. The van der Waals surface area contributed by atoms with Crippen LogP contribution in [0.1, 0.15) is 36.6 Å². The number of amides is 1. The number of aromatic nitrogens is 4. The number of nitrogens with zero attached hydrogens (tertiary/aromatic N) is 5. The molecule has 0 spiro atoms. The third-order valence-corrected chi connectivity index (χ3v) is 5.55. The van der Waals surface area contributed by atoms with Crippen LogP contribution in [0, 0.1) is 0 Å². The molecule has 0 aromatic carbocycles. The summed E-state index contributed by atoms with van der Waals surface area (Å²) in [6, 6.07) is 3.60. The number of ether oxygens (including phenoxy) is 1. The predicted molar refractivity (Wildman–Crippen MR) is 114 cm³/mol. The van der Waals surface area contributed by atoms with Crippen molar-refractivity contribution in [2.24, 2.45) is 0 Å². The van der Waals surface area contributed by atoms with E-state index in [-0.39, 0.29) is 17.4 Å². The number of likely N-dealkylation sites (tertiary alicyclic amines) is 1. The van der Waals surface area contributed by atoms with Gasteiger partial charge in [-0.05, 0) is 24.1 Å². The zero-order chi connectivity index (χ0) is 22.0. The number of hydrogen-bond donors (Lipinski definition) is 1. The van der Waals surface area contributed by atoms with E-state index in [1.165, 1.54) is 7.11 Å². The molecule has 1 aliphatic rings. The van der Waals surface area contributed by atoms with Crippen LogP contribution in [-0.2, 0) is 11.2 Å². The molecule has 3 aromatic heterocycles. The van der Waals surface area contributed by atoms with Gasteiger partial charge in [-0.25, -0.2) is 9.97 Å². The van der Waals surface area contributed by atoms with E-state index in [0.29, 0.717) is 54.4 Å². The molecule has 0 aliphatic carbocycles. The molecule has 1 N–H and O–H groups in total. The standard InChI is InChI=1S/C21H26N6O4/c1-26(2)21-22-11-15-17(24-21)10-16(23-20(15)29)13-5-4-8-27(12-13)19(28)7-6-14-9-18(30-3)25-31-14/h9-11,13H,4-8,12H2,1-3H3,(H,23,29)/t13-/m0/s1. The Bertz CT molecular complexity index is 1140. The second-order valence-electron chi connectivity index (χ2n) is 7.93. The summed E-state index contributed by atoms with van der Waals surface area (Å²) in [5.41, 5.74) is 1.21. The van der Waals surface area contributed by atoms with Crippen molar-refractivity contribution in [3.63, 3.8) is 0 Å². The maximum Gasteiger partial charge on any atom is 0.259 e. The summed E-state index contributed by atoms with van der Waals surface area (Å²) in [6.45, 7) is 1.27. The van der Waals surface area contributed by atoms with Crippen LogP contribution in [0.3, 0.4) is 0 Å². The minimum atomic E-state index is -0.208. The molecule has 31 heavy (non-hydrogen) atoms. The van der Waals surface area contributed by atoms with Crippen molar-refractivity contribution in [1.29, 1.82) is 0 Å². The van der Waals surface area contributed by atoms with E-state index in [4.69, 9.17) is 9.26 Å². The Morgan fingerprint density at radius 1 is 1.39 bits per heavy atom. The lowest BCUT2D eigenvalue weighted by atomic mass is 9.93. The topological polar surface area (TPSA) is 117 Å². The highest BCUT2D eigenvalue weighted by Gasteiger charge is 2.26. The molecule has 0 radical (unpaired) electrons. The van der Waals surface area contributed by atoms with Gasteiger partial charge in [0.2, 0.25) is 11.9 Å². The van der Waals surface area contributed by atoms with Crippen LogP contribution >= 0.6 is 0 Å². The van der Waals surface area contributed by atoms with E-state index < -0.39 is 0 Å². The van der Waals surface area contributed by atoms with Gasteiger partial charge in [-0.2, -0.15) is 0 Å². The normalized spacial score (nSPS) is 16.5. The minimum Gasteiger partial charge on any atom is -0.479 e. The number of pyridine rings is 1. The number of aryl methyl sites for hydroxylation is 1. The summed E-state index contributed by atoms with van der Waals surface area (Å²) in [5, 5.41) is 4.22. The third kappa shape index (κ3) is 4.52. The number of aromatic amines is 1. The maximum absolute atomic E-state index is 12.8. The van der Waals surface area contributed by atoms with Crippen molar-refractivity contribution in [3.05, 3.63) is 40.1 Å². The molecule has 1 amide bonds. The van der Waals surface area contributed by atoms with Crippen LogP contribution in [0.2, 0.25) is 0 Å². The lowest BCUT2D eigenvalue weighted by Crippen LogP contribution is -2.39. The smallest absolute Gasteiger partial charge is 0.259 e. The van der Waals surface area contributed by atoms with Crippen LogP contribution in [0.25, 0.3) is 10.9 Å². The molecule has 1 fully saturated rings. The number of carbonyl (C=O) groups excluding carboxylic acids is 1. The van der Waals surface area contributed by atoms with Gasteiger partial charge in [-0.3, -0.25) is 9.59 Å². The number of carbonyl (C=O) groups is 1. The van der Waals surface area contributed by atoms with Crippen LogP contribution in [0.15, 0.2) is 27.6 Å². The largest absolute Gasteiger partial charge is 0.479 e. The van der Waals surface area contributed by atoms with Crippen molar-refractivity contribution in [3.8, 4) is 5.88 Å². The van der Waals surface area contributed by atoms with Gasteiger partial charge in [0.05, 0.1) is 18.0 Å². The molecule has 4 rings (SSSR count). The Labute approximate surface area is 179 Å². The molecule has 0 unspecified atom stereocenters. The first-order chi connectivity index (χ1) is 14.9. The number of anilines is 1. The van der Waals surface area contributed by atoms with Crippen LogP contribution in [-0.4, -0.2) is 65.2 Å². The number of methoxy groups -OCH3 is 1. The van der Waals surface area contributed by atoms with Gasteiger partial charge >= 0.3 is 0 Å². The molecule has 10 heteroatoms. The molecule has 10 nitrogen and oxygen atoms in total. The Hall–Kier alpha value is -3.43. The van der Waals surface area contributed by atoms with Crippen molar-refractivity contribution in [2.75, 3.05) is 39.2 Å². The zero-order valence-electron chi connectivity index (χ0n) is 17.9. The van der Waals surface area contributed by atoms with E-state index in [1.807, 2.05) is 25.1 Å². The Balaban J connectivity index is 1.47. The molecule has 164 valence electrons. The molecule has 4 heterocycles.